The van der Waals surface area contributed by atoms with E-state index >= 15 is 0 Å². The lowest BCUT2D eigenvalue weighted by molar-refractivity contribution is 0.0232. The van der Waals surface area contributed by atoms with Crippen molar-refractivity contribution in [2.45, 2.75) is 25.4 Å². The molecule has 1 atom stereocenters. The van der Waals surface area contributed by atoms with Gasteiger partial charge in [0, 0.05) is 11.9 Å². The number of aromatic nitrogens is 1. The first-order valence-corrected chi connectivity index (χ1v) is 9.82. The second-order valence-corrected chi connectivity index (χ2v) is 7.88. The van der Waals surface area contributed by atoms with Gasteiger partial charge in [0.25, 0.3) is 0 Å². The third kappa shape index (κ3) is 5.72. The van der Waals surface area contributed by atoms with E-state index in [2.05, 4.69) is 10.5 Å². The highest BCUT2D eigenvalue weighted by Gasteiger charge is 2.23. The predicted octanol–water partition coefficient (Wildman–Crippen LogP) is 3.51. The second-order valence-electron chi connectivity index (χ2n) is 6.06. The van der Waals surface area contributed by atoms with Crippen LogP contribution in [-0.4, -0.2) is 28.0 Å². The van der Waals surface area contributed by atoms with Crippen LogP contribution in [0.4, 0.5) is 4.39 Å². The van der Waals surface area contributed by atoms with E-state index in [1.807, 2.05) is 13.8 Å². The highest BCUT2D eigenvalue weighted by atomic mass is 35.5. The highest BCUT2D eigenvalue weighted by molar-refractivity contribution is 7.85. The Hall–Kier alpha value is -2.03. The topological polar surface area (TPSA) is 77.5 Å². The van der Waals surface area contributed by atoms with E-state index < -0.39 is 22.6 Å². The fraction of sp³-hybridized carbons (Fsp3) is 0.333. The molecule has 0 amide bonds. The summed E-state index contributed by atoms with van der Waals surface area (Å²) >= 11 is 6.09. The Labute approximate surface area is 164 Å². The first-order valence-electron chi connectivity index (χ1n) is 8.12. The molecule has 0 saturated heterocycles. The lowest BCUT2D eigenvalue weighted by atomic mass is 10.2. The van der Waals surface area contributed by atoms with Gasteiger partial charge in [-0.1, -0.05) is 31.5 Å². The average Bonchev–Trinajstić information content (AvgIpc) is 2.61. The molecular formula is C18H20ClFN2O4S. The van der Waals surface area contributed by atoms with Gasteiger partial charge in [-0.2, -0.15) is 0 Å². The third-order valence-corrected chi connectivity index (χ3v) is 5.45. The molecule has 27 heavy (non-hydrogen) atoms. The number of rotatable bonds is 8. The number of hydroxylamine groups is 1. The molecule has 0 fully saturated rings. The van der Waals surface area contributed by atoms with E-state index in [-0.39, 0.29) is 33.8 Å². The molecule has 6 nitrogen and oxygen atoms in total. The SMILES string of the molecule is COc1ccc(CNOC(=O)c2c(Cl)ccnc2S(=O)CC(C)C)cc1F. The summed E-state index contributed by atoms with van der Waals surface area (Å²) in [6.07, 6.45) is 1.39. The summed E-state index contributed by atoms with van der Waals surface area (Å²) in [6, 6.07) is 5.79. The minimum atomic E-state index is -1.49. The van der Waals surface area contributed by atoms with Gasteiger partial charge in [0.15, 0.2) is 11.6 Å². The van der Waals surface area contributed by atoms with Gasteiger partial charge in [0.2, 0.25) is 0 Å². The number of methoxy groups -OCH3 is 1. The van der Waals surface area contributed by atoms with Crippen LogP contribution in [0.15, 0.2) is 35.5 Å². The first-order chi connectivity index (χ1) is 12.8. The summed E-state index contributed by atoms with van der Waals surface area (Å²) in [5.74, 6) is -0.723. The van der Waals surface area contributed by atoms with E-state index in [1.54, 1.807) is 6.07 Å². The summed E-state index contributed by atoms with van der Waals surface area (Å²) in [7, 11) is -0.120. The van der Waals surface area contributed by atoms with Crippen molar-refractivity contribution in [3.8, 4) is 5.75 Å². The van der Waals surface area contributed by atoms with Crippen molar-refractivity contribution in [3.63, 3.8) is 0 Å². The van der Waals surface area contributed by atoms with Crippen LogP contribution in [0.2, 0.25) is 5.02 Å². The standard InChI is InChI=1S/C18H20ClFN2O4S/c1-11(2)10-27(24)17-16(13(19)6-7-21-17)18(23)26-22-9-12-4-5-15(25-3)14(20)8-12/h4-8,11,22H,9-10H2,1-3H3. The summed E-state index contributed by atoms with van der Waals surface area (Å²) < 4.78 is 31.0. The number of benzene rings is 1. The highest BCUT2D eigenvalue weighted by Crippen LogP contribution is 2.23. The Balaban J connectivity index is 2.07. The molecular weight excluding hydrogens is 395 g/mol. The largest absolute Gasteiger partial charge is 0.494 e. The van der Waals surface area contributed by atoms with Gasteiger partial charge >= 0.3 is 5.97 Å². The molecule has 0 bridgehead atoms. The smallest absolute Gasteiger partial charge is 0.361 e. The van der Waals surface area contributed by atoms with Crippen LogP contribution >= 0.6 is 11.6 Å². The van der Waals surface area contributed by atoms with Crippen LogP contribution in [0.5, 0.6) is 5.75 Å². The number of hydrogen-bond acceptors (Lipinski definition) is 6. The number of ether oxygens (including phenoxy) is 1. The maximum Gasteiger partial charge on any atom is 0.361 e. The number of carbonyl (C=O) groups excluding carboxylic acids is 1. The maximum absolute atomic E-state index is 13.7. The van der Waals surface area contributed by atoms with E-state index in [4.69, 9.17) is 21.2 Å². The summed E-state index contributed by atoms with van der Waals surface area (Å²) in [5.41, 5.74) is 2.95. The van der Waals surface area contributed by atoms with Crippen LogP contribution in [0.25, 0.3) is 0 Å². The number of nitrogens with one attached hydrogen (secondary N) is 1. The molecule has 146 valence electrons. The second kappa shape index (κ2) is 9.77. The molecule has 9 heteroatoms. The number of halogens is 2. The van der Waals surface area contributed by atoms with E-state index in [9.17, 15) is 13.4 Å². The van der Waals surface area contributed by atoms with Crippen molar-refractivity contribution in [1.82, 2.24) is 10.5 Å². The minimum Gasteiger partial charge on any atom is -0.494 e. The fourth-order valence-electron chi connectivity index (χ4n) is 2.22. The Morgan fingerprint density at radius 3 is 2.74 bits per heavy atom. The molecule has 2 rings (SSSR count). The monoisotopic (exact) mass is 414 g/mol. The van der Waals surface area contributed by atoms with Crippen molar-refractivity contribution >= 4 is 28.4 Å². The van der Waals surface area contributed by atoms with Gasteiger partial charge in [0.1, 0.15) is 10.6 Å². The molecule has 1 aromatic heterocycles. The molecule has 1 aromatic carbocycles. The number of pyridine rings is 1. The lowest BCUT2D eigenvalue weighted by Crippen LogP contribution is -2.22. The van der Waals surface area contributed by atoms with Crippen LogP contribution in [-0.2, 0) is 22.2 Å². The minimum absolute atomic E-state index is 0.0495. The molecule has 0 aliphatic carbocycles. The van der Waals surface area contributed by atoms with Gasteiger partial charge in [-0.3, -0.25) is 4.21 Å². The van der Waals surface area contributed by atoms with Crippen LogP contribution in [0.1, 0.15) is 29.8 Å². The Morgan fingerprint density at radius 2 is 2.11 bits per heavy atom. The van der Waals surface area contributed by atoms with Gasteiger partial charge in [0.05, 0.1) is 29.5 Å². The molecule has 1 N–H and O–H groups in total. The van der Waals surface area contributed by atoms with Gasteiger partial charge in [-0.25, -0.2) is 14.2 Å². The molecule has 0 saturated carbocycles. The quantitative estimate of drug-likeness (QED) is 0.666. The Morgan fingerprint density at radius 1 is 1.37 bits per heavy atom. The number of hydrogen-bond donors (Lipinski definition) is 1. The molecule has 0 spiro atoms. The maximum atomic E-state index is 13.7. The Kier molecular flexibility index (Phi) is 7.70. The van der Waals surface area contributed by atoms with Crippen molar-refractivity contribution in [1.29, 1.82) is 0 Å². The summed E-state index contributed by atoms with van der Waals surface area (Å²) in [4.78, 5) is 21.4. The number of carbonyl (C=O) groups is 1. The molecule has 1 unspecified atom stereocenters. The predicted molar refractivity (Wildman–Crippen MR) is 101 cm³/mol. The van der Waals surface area contributed by atoms with Gasteiger partial charge in [-0.15, -0.1) is 5.48 Å². The zero-order chi connectivity index (χ0) is 20.0. The van der Waals surface area contributed by atoms with Crippen molar-refractivity contribution in [2.24, 2.45) is 5.92 Å². The fourth-order valence-corrected chi connectivity index (χ4v) is 3.86. The lowest BCUT2D eigenvalue weighted by Gasteiger charge is -2.11. The van der Waals surface area contributed by atoms with Crippen molar-refractivity contribution in [2.75, 3.05) is 12.9 Å². The number of nitrogens with zero attached hydrogens (tertiary/aromatic N) is 1. The molecule has 1 heterocycles. The third-order valence-electron chi connectivity index (χ3n) is 3.43. The van der Waals surface area contributed by atoms with E-state index in [0.717, 1.165) is 0 Å². The van der Waals surface area contributed by atoms with Crippen molar-refractivity contribution < 1.29 is 23.0 Å². The molecule has 0 aliphatic rings. The average molecular weight is 415 g/mol. The normalized spacial score (nSPS) is 12.1. The zero-order valence-corrected chi connectivity index (χ0v) is 16.7. The molecule has 0 aliphatic heterocycles. The van der Waals surface area contributed by atoms with E-state index in [1.165, 1.54) is 31.5 Å². The van der Waals surface area contributed by atoms with Crippen molar-refractivity contribution in [3.05, 3.63) is 52.4 Å². The zero-order valence-electron chi connectivity index (χ0n) is 15.1. The van der Waals surface area contributed by atoms with Crippen LogP contribution < -0.4 is 10.2 Å². The molecule has 0 radical (unpaired) electrons. The van der Waals surface area contributed by atoms with Crippen LogP contribution in [0, 0.1) is 11.7 Å². The van der Waals surface area contributed by atoms with Gasteiger partial charge in [-0.05, 0) is 29.7 Å². The first kappa shape index (κ1) is 21.3. The van der Waals surface area contributed by atoms with Crippen LogP contribution in [0.3, 0.4) is 0 Å². The summed E-state index contributed by atoms with van der Waals surface area (Å²) in [6.45, 7) is 3.89. The van der Waals surface area contributed by atoms with E-state index in [0.29, 0.717) is 11.3 Å². The Bertz CT molecular complexity index is 848. The molecule has 2 aromatic rings. The van der Waals surface area contributed by atoms with Gasteiger partial charge < -0.3 is 9.57 Å². The summed E-state index contributed by atoms with van der Waals surface area (Å²) in [5, 5.41) is 0.179.